The summed E-state index contributed by atoms with van der Waals surface area (Å²) in [4.78, 5) is 16.6. The second kappa shape index (κ2) is 6.30. The van der Waals surface area contributed by atoms with Crippen LogP contribution in [0.4, 0.5) is 10.2 Å². The number of amides is 1. The first-order valence-corrected chi connectivity index (χ1v) is 10.5. The van der Waals surface area contributed by atoms with Gasteiger partial charge < -0.3 is 10.2 Å². The van der Waals surface area contributed by atoms with Crippen molar-refractivity contribution in [2.75, 3.05) is 17.6 Å². The van der Waals surface area contributed by atoms with Crippen molar-refractivity contribution in [3.8, 4) is 11.3 Å². The Morgan fingerprint density at radius 3 is 2.46 bits per heavy atom. The predicted octanol–water partition coefficient (Wildman–Crippen LogP) is 3.01. The van der Waals surface area contributed by atoms with E-state index in [1.807, 2.05) is 0 Å². The number of aromatic nitrogens is 1. The molecule has 1 saturated carbocycles. The number of carbonyl (C=O) groups is 1. The molecule has 7 nitrogen and oxygen atoms in total. The molecule has 0 aliphatic heterocycles. The molecule has 1 amide bonds. The number of primary amides is 1. The number of fused-ring (bicyclic) bond motifs is 1. The van der Waals surface area contributed by atoms with Gasteiger partial charge in [-0.15, -0.1) is 0 Å². The lowest BCUT2D eigenvalue weighted by Gasteiger charge is -2.18. The van der Waals surface area contributed by atoms with Crippen LogP contribution in [0.5, 0.6) is 0 Å². The number of halogens is 1. The molecule has 0 spiro atoms. The summed E-state index contributed by atoms with van der Waals surface area (Å²) in [6, 6.07) is 7.18. The molecule has 1 aromatic carbocycles. The first-order valence-electron chi connectivity index (χ1n) is 8.64. The third kappa shape index (κ3) is 3.11. The van der Waals surface area contributed by atoms with Crippen LogP contribution in [0.3, 0.4) is 0 Å². The standard InChI is InChI=1S/C19H18FN3O4S/c1-23(28(2,25)26)18-13(10-3-4-10)9-14-15(17(21)24)16(27-19(14)22-18)11-5-7-12(20)8-6-11/h5-10H,3-4H2,1-2H3,(H2,21,24). The number of pyridine rings is 1. The summed E-state index contributed by atoms with van der Waals surface area (Å²) in [6.45, 7) is 0. The van der Waals surface area contributed by atoms with Gasteiger partial charge in [-0.3, -0.25) is 9.10 Å². The second-order valence-corrected chi connectivity index (χ2v) is 8.95. The molecule has 2 N–H and O–H groups in total. The van der Waals surface area contributed by atoms with Crippen molar-refractivity contribution in [1.82, 2.24) is 4.98 Å². The molecule has 2 aromatic heterocycles. The van der Waals surface area contributed by atoms with Crippen LogP contribution >= 0.6 is 0 Å². The molecule has 3 aromatic rings. The Morgan fingerprint density at radius 1 is 1.29 bits per heavy atom. The van der Waals surface area contributed by atoms with Gasteiger partial charge in [0.2, 0.25) is 15.7 Å². The summed E-state index contributed by atoms with van der Waals surface area (Å²) in [5.41, 5.74) is 7.04. The molecular formula is C19H18FN3O4S. The topological polar surface area (TPSA) is 106 Å². The molecular weight excluding hydrogens is 385 g/mol. The molecule has 0 saturated heterocycles. The Kier molecular flexibility index (Phi) is 4.15. The number of furan rings is 1. The van der Waals surface area contributed by atoms with E-state index in [4.69, 9.17) is 10.2 Å². The van der Waals surface area contributed by atoms with Crippen LogP contribution in [0.15, 0.2) is 34.7 Å². The number of rotatable bonds is 5. The van der Waals surface area contributed by atoms with Gasteiger partial charge in [-0.05, 0) is 54.7 Å². The molecule has 0 atom stereocenters. The Balaban J connectivity index is 2.00. The number of benzene rings is 1. The minimum absolute atomic E-state index is 0.100. The number of nitrogens with zero attached hydrogens (tertiary/aromatic N) is 2. The molecule has 1 aliphatic rings. The van der Waals surface area contributed by atoms with E-state index in [0.717, 1.165) is 29.0 Å². The quantitative estimate of drug-likeness (QED) is 0.705. The van der Waals surface area contributed by atoms with E-state index >= 15 is 0 Å². The Labute approximate surface area is 161 Å². The van der Waals surface area contributed by atoms with Crippen LogP contribution in [0.2, 0.25) is 0 Å². The van der Waals surface area contributed by atoms with Gasteiger partial charge in [0.05, 0.1) is 17.2 Å². The number of sulfonamides is 1. The van der Waals surface area contributed by atoms with E-state index in [9.17, 15) is 17.6 Å². The fourth-order valence-corrected chi connectivity index (χ4v) is 3.64. The lowest BCUT2D eigenvalue weighted by Crippen LogP contribution is -2.26. The lowest BCUT2D eigenvalue weighted by atomic mass is 10.0. The first-order chi connectivity index (χ1) is 13.2. The van der Waals surface area contributed by atoms with E-state index in [2.05, 4.69) is 4.98 Å². The largest absolute Gasteiger partial charge is 0.437 e. The first kappa shape index (κ1) is 18.4. The van der Waals surface area contributed by atoms with Crippen molar-refractivity contribution in [1.29, 1.82) is 0 Å². The van der Waals surface area contributed by atoms with Crippen molar-refractivity contribution in [3.05, 3.63) is 47.3 Å². The van der Waals surface area contributed by atoms with Crippen LogP contribution in [0, 0.1) is 5.82 Å². The number of hydrogen-bond donors (Lipinski definition) is 1. The summed E-state index contributed by atoms with van der Waals surface area (Å²) in [5.74, 6) is -0.512. The lowest BCUT2D eigenvalue weighted by molar-refractivity contribution is 0.100. The van der Waals surface area contributed by atoms with E-state index < -0.39 is 21.7 Å². The highest BCUT2D eigenvalue weighted by atomic mass is 32.2. The molecule has 2 heterocycles. The van der Waals surface area contributed by atoms with Gasteiger partial charge in [0.1, 0.15) is 17.4 Å². The van der Waals surface area contributed by atoms with Gasteiger partial charge in [-0.2, -0.15) is 4.98 Å². The fraction of sp³-hybridized carbons (Fsp3) is 0.263. The van der Waals surface area contributed by atoms with Crippen molar-refractivity contribution >= 4 is 32.8 Å². The third-order valence-electron chi connectivity index (χ3n) is 4.86. The summed E-state index contributed by atoms with van der Waals surface area (Å²) >= 11 is 0. The van der Waals surface area contributed by atoms with E-state index in [-0.39, 0.29) is 28.8 Å². The van der Waals surface area contributed by atoms with Gasteiger partial charge in [-0.1, -0.05) is 0 Å². The highest BCUT2D eigenvalue weighted by Crippen LogP contribution is 2.46. The number of anilines is 1. The Bertz CT molecular complexity index is 1200. The number of carbonyl (C=O) groups excluding carboxylic acids is 1. The molecule has 4 rings (SSSR count). The summed E-state index contributed by atoms with van der Waals surface area (Å²) in [7, 11) is -2.11. The van der Waals surface area contributed by atoms with Gasteiger partial charge in [0, 0.05) is 12.6 Å². The van der Waals surface area contributed by atoms with Crippen molar-refractivity contribution in [2.24, 2.45) is 5.73 Å². The maximum Gasteiger partial charge on any atom is 0.253 e. The minimum Gasteiger partial charge on any atom is -0.437 e. The SMILES string of the molecule is CN(c1nc2oc(-c3ccc(F)cc3)c(C(N)=O)c2cc1C1CC1)S(C)(=O)=O. The van der Waals surface area contributed by atoms with Gasteiger partial charge >= 0.3 is 0 Å². The molecule has 1 fully saturated rings. The van der Waals surface area contributed by atoms with Crippen LogP contribution in [-0.2, 0) is 10.0 Å². The van der Waals surface area contributed by atoms with E-state index in [1.165, 1.54) is 31.3 Å². The van der Waals surface area contributed by atoms with Gasteiger partial charge in [0.15, 0.2) is 0 Å². The van der Waals surface area contributed by atoms with Crippen LogP contribution < -0.4 is 10.0 Å². The highest BCUT2D eigenvalue weighted by molar-refractivity contribution is 7.92. The molecule has 28 heavy (non-hydrogen) atoms. The smallest absolute Gasteiger partial charge is 0.253 e. The molecule has 1 aliphatic carbocycles. The maximum atomic E-state index is 13.3. The van der Waals surface area contributed by atoms with Gasteiger partial charge in [-0.25, -0.2) is 12.8 Å². The average Bonchev–Trinajstić information content (AvgIpc) is 3.40. The second-order valence-electron chi connectivity index (χ2n) is 6.94. The van der Waals surface area contributed by atoms with Crippen LogP contribution in [-0.4, -0.2) is 32.6 Å². The summed E-state index contributed by atoms with van der Waals surface area (Å²) in [5, 5.41) is 0.416. The molecule has 9 heteroatoms. The third-order valence-corrected chi connectivity index (χ3v) is 6.02. The predicted molar refractivity (Wildman–Crippen MR) is 103 cm³/mol. The zero-order valence-corrected chi connectivity index (χ0v) is 16.1. The molecule has 0 bridgehead atoms. The van der Waals surface area contributed by atoms with Crippen molar-refractivity contribution in [3.63, 3.8) is 0 Å². The van der Waals surface area contributed by atoms with Crippen molar-refractivity contribution < 1.29 is 22.0 Å². The molecule has 146 valence electrons. The summed E-state index contributed by atoms with van der Waals surface area (Å²) in [6.07, 6.45) is 2.91. The van der Waals surface area contributed by atoms with Crippen molar-refractivity contribution in [2.45, 2.75) is 18.8 Å². The molecule has 0 unspecified atom stereocenters. The monoisotopic (exact) mass is 403 g/mol. The summed E-state index contributed by atoms with van der Waals surface area (Å²) < 4.78 is 44.2. The normalized spacial score (nSPS) is 14.4. The number of nitrogens with two attached hydrogens (primary N) is 1. The highest BCUT2D eigenvalue weighted by Gasteiger charge is 2.32. The van der Waals surface area contributed by atoms with E-state index in [1.54, 1.807) is 6.07 Å². The zero-order chi connectivity index (χ0) is 20.2. The maximum absolute atomic E-state index is 13.3. The molecule has 0 radical (unpaired) electrons. The Morgan fingerprint density at radius 2 is 1.93 bits per heavy atom. The number of hydrogen-bond acceptors (Lipinski definition) is 5. The van der Waals surface area contributed by atoms with Crippen LogP contribution in [0.25, 0.3) is 22.4 Å². The van der Waals surface area contributed by atoms with E-state index in [0.29, 0.717) is 10.9 Å². The van der Waals surface area contributed by atoms with Gasteiger partial charge in [0.25, 0.3) is 5.91 Å². The zero-order valence-electron chi connectivity index (χ0n) is 15.3. The van der Waals surface area contributed by atoms with Crippen LogP contribution in [0.1, 0.15) is 34.7 Å². The Hall–Kier alpha value is -2.94. The average molecular weight is 403 g/mol. The minimum atomic E-state index is -3.53. The fourth-order valence-electron chi connectivity index (χ4n) is 3.18.